The highest BCUT2D eigenvalue weighted by atomic mass is 127. The molecule has 0 fully saturated rings. The molecule has 15 nitrogen and oxygen atoms in total. The molecule has 54 heavy (non-hydrogen) atoms. The number of nitrogens with two attached hydrogens (primary N) is 1. The molecular weight excluding hydrogens is 850 g/mol. The lowest BCUT2D eigenvalue weighted by Gasteiger charge is -2.19. The second-order valence-corrected chi connectivity index (χ2v) is 11.7. The Morgan fingerprint density at radius 2 is 1.09 bits per heavy atom. The summed E-state index contributed by atoms with van der Waals surface area (Å²) in [5.74, 6) is -15.0. The molecule has 0 bridgehead atoms. The smallest absolute Gasteiger partial charge is 0.313 e. The first kappa shape index (κ1) is 49.2. The minimum atomic E-state index is -2.37. The summed E-state index contributed by atoms with van der Waals surface area (Å²) in [5.41, 5.74) is 5.48. The Morgan fingerprint density at radius 1 is 0.574 bits per heavy atom. The number of alkyl halides is 1. The molecule has 1 aromatic rings. The van der Waals surface area contributed by atoms with Crippen molar-refractivity contribution in [2.75, 3.05) is 96.9 Å². The maximum absolute atomic E-state index is 13.6. The normalized spacial score (nSPS) is 11.7. The van der Waals surface area contributed by atoms with Crippen LogP contribution >= 0.6 is 22.6 Å². The van der Waals surface area contributed by atoms with Crippen molar-refractivity contribution in [3.63, 3.8) is 0 Å². The van der Waals surface area contributed by atoms with Crippen molar-refractivity contribution in [1.82, 2.24) is 16.0 Å². The molecule has 0 spiro atoms. The number of unbranched alkanes of at least 4 members (excludes halogenated alkanes) is 1. The Balaban J connectivity index is 2.12. The molecule has 0 aliphatic rings. The first-order valence-electron chi connectivity index (χ1n) is 17.3. The third kappa shape index (κ3) is 22.5. The topological polar surface area (TPSA) is 195 Å². The zero-order valence-electron chi connectivity index (χ0n) is 30.0. The summed E-state index contributed by atoms with van der Waals surface area (Å²) in [7, 11) is 0. The molecule has 0 saturated carbocycles. The van der Waals surface area contributed by atoms with Crippen LogP contribution in [-0.2, 0) is 47.6 Å². The van der Waals surface area contributed by atoms with Gasteiger partial charge < -0.3 is 54.8 Å². The van der Waals surface area contributed by atoms with Crippen molar-refractivity contribution in [3.05, 3.63) is 29.1 Å². The highest BCUT2D eigenvalue weighted by Crippen LogP contribution is 2.29. The number of carbonyl (C=O) groups excluding carboxylic acids is 4. The van der Waals surface area contributed by atoms with Crippen LogP contribution in [-0.4, -0.2) is 127 Å². The van der Waals surface area contributed by atoms with Gasteiger partial charge in [0.1, 0.15) is 6.04 Å². The number of esters is 1. The molecule has 0 unspecified atom stereocenters. The predicted octanol–water partition coefficient (Wildman–Crippen LogP) is 2.19. The molecule has 0 saturated heterocycles. The van der Waals surface area contributed by atoms with Gasteiger partial charge in [-0.2, -0.15) is 8.78 Å². The largest absolute Gasteiger partial charge is 0.420 e. The number of rotatable bonds is 33. The van der Waals surface area contributed by atoms with Crippen LogP contribution in [0.25, 0.3) is 0 Å². The molecule has 1 aromatic carbocycles. The first-order valence-corrected chi connectivity index (χ1v) is 18.8. The van der Waals surface area contributed by atoms with E-state index in [0.29, 0.717) is 63.2 Å². The quantitative estimate of drug-likeness (QED) is 0.0118. The summed E-state index contributed by atoms with van der Waals surface area (Å²) in [6.45, 7) is 3.18. The van der Waals surface area contributed by atoms with Gasteiger partial charge in [0.2, 0.25) is 52.6 Å². The number of benzene rings is 1. The van der Waals surface area contributed by atoms with Gasteiger partial charge in [0.25, 0.3) is 0 Å². The molecule has 21 heteroatoms. The summed E-state index contributed by atoms with van der Waals surface area (Å²) in [5, 5.41) is 8.30. The Kier molecular flexibility index (Phi) is 28.6. The molecule has 3 amide bonds. The van der Waals surface area contributed by atoms with Gasteiger partial charge in [-0.1, -0.05) is 22.6 Å². The number of halogens is 6. The van der Waals surface area contributed by atoms with E-state index in [4.69, 9.17) is 34.2 Å². The number of carbonyl (C=O) groups is 4. The van der Waals surface area contributed by atoms with Gasteiger partial charge in [0.15, 0.2) is 0 Å². The molecular formula is C33H50F5IN4O11. The fraction of sp³-hybridized carbons (Fsp3) is 0.697. The van der Waals surface area contributed by atoms with E-state index in [1.54, 1.807) is 0 Å². The van der Waals surface area contributed by atoms with E-state index in [1.165, 1.54) is 0 Å². The fourth-order valence-electron chi connectivity index (χ4n) is 4.15. The van der Waals surface area contributed by atoms with E-state index in [1.807, 2.05) is 0 Å². The number of nitrogens with one attached hydrogen (secondary N) is 3. The summed E-state index contributed by atoms with van der Waals surface area (Å²) < 4.78 is 103. The number of hydrogen-bond donors (Lipinski definition) is 4. The van der Waals surface area contributed by atoms with Gasteiger partial charge in [0.05, 0.1) is 83.7 Å². The van der Waals surface area contributed by atoms with Crippen LogP contribution in [0.5, 0.6) is 5.75 Å². The fourth-order valence-corrected chi connectivity index (χ4v) is 4.46. The van der Waals surface area contributed by atoms with Crippen molar-refractivity contribution in [3.8, 4) is 5.75 Å². The van der Waals surface area contributed by atoms with Crippen molar-refractivity contribution in [1.29, 1.82) is 0 Å². The van der Waals surface area contributed by atoms with Crippen molar-refractivity contribution < 1.29 is 74.3 Å². The van der Waals surface area contributed by atoms with Crippen LogP contribution in [0.4, 0.5) is 22.0 Å². The SMILES string of the molecule is NCCCC(=O)N[C@@H](CCCCNC(=O)CCOCCOCI)C(=O)NCCOCCOCCOCCOCCC(=O)Oc1c(F)c(F)c(F)c(F)c1F. The molecule has 0 aliphatic heterocycles. The first-order chi connectivity index (χ1) is 26.0. The molecule has 0 heterocycles. The summed E-state index contributed by atoms with van der Waals surface area (Å²) in [6.07, 6.45) is 1.99. The zero-order chi connectivity index (χ0) is 40.0. The second-order valence-electron chi connectivity index (χ2n) is 11.1. The highest BCUT2D eigenvalue weighted by Gasteiger charge is 2.28. The third-order valence-electron chi connectivity index (χ3n) is 6.92. The average molecular weight is 901 g/mol. The molecule has 0 radical (unpaired) electrons. The summed E-state index contributed by atoms with van der Waals surface area (Å²) in [4.78, 5) is 48.7. The maximum atomic E-state index is 13.6. The van der Waals surface area contributed by atoms with E-state index in [9.17, 15) is 41.1 Å². The second kappa shape index (κ2) is 31.4. The van der Waals surface area contributed by atoms with Crippen molar-refractivity contribution in [2.45, 2.75) is 51.0 Å². The van der Waals surface area contributed by atoms with Crippen molar-refractivity contribution in [2.24, 2.45) is 5.73 Å². The summed E-state index contributed by atoms with van der Waals surface area (Å²) in [6, 6.07) is -0.752. The van der Waals surface area contributed by atoms with E-state index in [-0.39, 0.29) is 90.0 Å². The highest BCUT2D eigenvalue weighted by molar-refractivity contribution is 14.1. The van der Waals surface area contributed by atoms with Crippen molar-refractivity contribution >= 4 is 46.3 Å². The maximum Gasteiger partial charge on any atom is 0.313 e. The Hall–Kier alpha value is -2.80. The lowest BCUT2D eigenvalue weighted by molar-refractivity contribution is -0.136. The van der Waals surface area contributed by atoms with Crippen LogP contribution in [0.3, 0.4) is 0 Å². The van der Waals surface area contributed by atoms with Gasteiger partial charge in [-0.05, 0) is 32.2 Å². The van der Waals surface area contributed by atoms with Gasteiger partial charge in [-0.3, -0.25) is 19.2 Å². The number of amides is 3. The zero-order valence-corrected chi connectivity index (χ0v) is 32.1. The minimum absolute atomic E-state index is 0.0352. The lowest BCUT2D eigenvalue weighted by Crippen LogP contribution is -2.47. The van der Waals surface area contributed by atoms with Crippen LogP contribution in [0.1, 0.15) is 44.9 Å². The minimum Gasteiger partial charge on any atom is -0.420 e. The Bertz CT molecular complexity index is 1230. The standard InChI is InChI=1S/C33H50F5IN4O11/c34-27-28(35)30(37)32(31(38)29(27)36)54-26(46)7-12-49-14-16-51-18-19-52-17-15-50-13-10-42-33(47)23(43-25(45)5-3-8-40)4-1-2-9-41-24(44)6-11-48-20-21-53-22-39/h23H,1-22,40H2,(H,41,44)(H,42,47)(H,43,45)/t23-/m0/s1. The van der Waals surface area contributed by atoms with Crippen LogP contribution in [0.2, 0.25) is 0 Å². The van der Waals surface area contributed by atoms with Crippen LogP contribution in [0.15, 0.2) is 0 Å². The predicted molar refractivity (Wildman–Crippen MR) is 190 cm³/mol. The number of ether oxygens (including phenoxy) is 7. The molecule has 310 valence electrons. The number of hydrogen-bond acceptors (Lipinski definition) is 12. The van der Waals surface area contributed by atoms with Gasteiger partial charge in [0, 0.05) is 25.9 Å². The van der Waals surface area contributed by atoms with E-state index in [0.717, 1.165) is 0 Å². The van der Waals surface area contributed by atoms with Gasteiger partial charge in [-0.15, -0.1) is 0 Å². The molecule has 5 N–H and O–H groups in total. The van der Waals surface area contributed by atoms with Crippen LogP contribution < -0.4 is 26.4 Å². The monoisotopic (exact) mass is 900 g/mol. The Labute approximate surface area is 324 Å². The summed E-state index contributed by atoms with van der Waals surface area (Å²) >= 11 is 2.09. The third-order valence-corrected chi connectivity index (χ3v) is 7.36. The van der Waals surface area contributed by atoms with Gasteiger partial charge >= 0.3 is 5.97 Å². The van der Waals surface area contributed by atoms with Crippen LogP contribution in [0, 0.1) is 29.1 Å². The van der Waals surface area contributed by atoms with E-state index in [2.05, 4.69) is 43.3 Å². The van der Waals surface area contributed by atoms with Gasteiger partial charge in [-0.25, -0.2) is 13.2 Å². The lowest BCUT2D eigenvalue weighted by atomic mass is 10.1. The average Bonchev–Trinajstić information content (AvgIpc) is 3.16. The molecule has 1 rings (SSSR count). The molecule has 1 atom stereocenters. The molecule has 0 aromatic heterocycles. The van der Waals surface area contributed by atoms with E-state index < -0.39 is 53.3 Å². The van der Waals surface area contributed by atoms with E-state index >= 15 is 0 Å². The molecule has 0 aliphatic carbocycles. The Morgan fingerprint density at radius 3 is 1.67 bits per heavy atom.